The minimum atomic E-state index is -0.0511. The molecule has 90 valence electrons. The monoisotopic (exact) mass is 215 g/mol. The molecule has 0 bridgehead atoms. The van der Waals surface area contributed by atoms with E-state index in [1.165, 1.54) is 12.8 Å². The van der Waals surface area contributed by atoms with Gasteiger partial charge in [-0.25, -0.2) is 0 Å². The van der Waals surface area contributed by atoms with Crippen LogP contribution in [0.4, 0.5) is 0 Å². The lowest BCUT2D eigenvalue weighted by Gasteiger charge is -2.40. The van der Waals surface area contributed by atoms with Crippen molar-refractivity contribution in [2.24, 2.45) is 5.92 Å². The number of ether oxygens (including phenoxy) is 1. The minimum Gasteiger partial charge on any atom is -0.394 e. The molecule has 1 unspecified atom stereocenters. The zero-order valence-electron chi connectivity index (χ0n) is 10.3. The van der Waals surface area contributed by atoms with Crippen molar-refractivity contribution in [2.45, 2.75) is 51.1 Å². The van der Waals surface area contributed by atoms with Crippen LogP contribution in [-0.2, 0) is 4.74 Å². The van der Waals surface area contributed by atoms with Crippen molar-refractivity contribution >= 4 is 0 Å². The average molecular weight is 215 g/mol. The highest BCUT2D eigenvalue weighted by Crippen LogP contribution is 2.31. The Morgan fingerprint density at radius 2 is 2.07 bits per heavy atom. The van der Waals surface area contributed by atoms with Crippen LogP contribution >= 0.6 is 0 Å². The Labute approximate surface area is 93.2 Å². The zero-order valence-corrected chi connectivity index (χ0v) is 10.3. The van der Waals surface area contributed by atoms with Crippen LogP contribution < -0.4 is 5.32 Å². The van der Waals surface area contributed by atoms with Crippen LogP contribution in [0.25, 0.3) is 0 Å². The molecule has 1 aliphatic carbocycles. The summed E-state index contributed by atoms with van der Waals surface area (Å²) in [6, 6.07) is 0.315. The summed E-state index contributed by atoms with van der Waals surface area (Å²) in [4.78, 5) is 0. The largest absolute Gasteiger partial charge is 0.394 e. The number of aliphatic hydroxyl groups is 1. The van der Waals surface area contributed by atoms with Gasteiger partial charge < -0.3 is 15.2 Å². The predicted octanol–water partition coefficient (Wildman–Crippen LogP) is 1.55. The van der Waals surface area contributed by atoms with Crippen molar-refractivity contribution in [3.63, 3.8) is 0 Å². The molecule has 1 fully saturated rings. The molecule has 0 aromatic heterocycles. The molecule has 15 heavy (non-hydrogen) atoms. The van der Waals surface area contributed by atoms with Crippen LogP contribution in [0, 0.1) is 5.92 Å². The predicted molar refractivity (Wildman–Crippen MR) is 61.9 cm³/mol. The number of nitrogens with one attached hydrogen (secondary N) is 1. The van der Waals surface area contributed by atoms with Crippen molar-refractivity contribution in [1.29, 1.82) is 0 Å². The Bertz CT molecular complexity index is 176. The fourth-order valence-electron chi connectivity index (χ4n) is 2.48. The van der Waals surface area contributed by atoms with E-state index in [0.29, 0.717) is 12.6 Å². The summed E-state index contributed by atoms with van der Waals surface area (Å²) in [6.07, 6.45) is 4.60. The molecule has 0 saturated heterocycles. The van der Waals surface area contributed by atoms with E-state index in [4.69, 9.17) is 4.74 Å². The van der Waals surface area contributed by atoms with Gasteiger partial charge in [0.25, 0.3) is 0 Å². The fraction of sp³-hybridized carbons (Fsp3) is 1.00. The van der Waals surface area contributed by atoms with E-state index < -0.39 is 0 Å². The molecule has 3 nitrogen and oxygen atoms in total. The first-order valence-electron chi connectivity index (χ1n) is 5.99. The normalized spacial score (nSPS) is 34.0. The topological polar surface area (TPSA) is 41.5 Å². The van der Waals surface area contributed by atoms with E-state index in [1.54, 1.807) is 7.11 Å². The van der Waals surface area contributed by atoms with Crippen LogP contribution in [-0.4, -0.2) is 37.0 Å². The molecule has 0 amide bonds. The van der Waals surface area contributed by atoms with E-state index in [-0.39, 0.29) is 12.1 Å². The summed E-state index contributed by atoms with van der Waals surface area (Å²) < 4.78 is 5.11. The van der Waals surface area contributed by atoms with E-state index in [2.05, 4.69) is 19.2 Å². The Morgan fingerprint density at radius 3 is 2.53 bits per heavy atom. The summed E-state index contributed by atoms with van der Waals surface area (Å²) >= 11 is 0. The maximum Gasteiger partial charge on any atom is 0.0613 e. The highest BCUT2D eigenvalue weighted by molar-refractivity contribution is 4.93. The van der Waals surface area contributed by atoms with Gasteiger partial charge in [-0.15, -0.1) is 0 Å². The number of methoxy groups -OCH3 is 1. The molecule has 1 saturated carbocycles. The van der Waals surface area contributed by atoms with Crippen molar-refractivity contribution in [1.82, 2.24) is 5.32 Å². The third-order valence-electron chi connectivity index (χ3n) is 3.50. The van der Waals surface area contributed by atoms with E-state index in [9.17, 15) is 5.11 Å². The molecule has 0 radical (unpaired) electrons. The average Bonchev–Trinajstić information content (AvgIpc) is 2.22. The van der Waals surface area contributed by atoms with Gasteiger partial charge in [-0.1, -0.05) is 6.92 Å². The molecular formula is C12H25NO2. The smallest absolute Gasteiger partial charge is 0.0613 e. The van der Waals surface area contributed by atoms with Crippen LogP contribution in [0.1, 0.15) is 39.5 Å². The van der Waals surface area contributed by atoms with Crippen molar-refractivity contribution in [3.8, 4) is 0 Å². The van der Waals surface area contributed by atoms with Crippen molar-refractivity contribution < 1.29 is 9.84 Å². The molecule has 2 N–H and O–H groups in total. The van der Waals surface area contributed by atoms with Gasteiger partial charge in [-0.2, -0.15) is 0 Å². The van der Waals surface area contributed by atoms with Gasteiger partial charge in [0.2, 0.25) is 0 Å². The Hall–Kier alpha value is -0.120. The van der Waals surface area contributed by atoms with Gasteiger partial charge in [0.15, 0.2) is 0 Å². The molecule has 0 aliphatic heterocycles. The molecule has 3 heteroatoms. The summed E-state index contributed by atoms with van der Waals surface area (Å²) in [7, 11) is 1.72. The minimum absolute atomic E-state index is 0.0511. The molecule has 1 atom stereocenters. The van der Waals surface area contributed by atoms with Gasteiger partial charge in [0, 0.05) is 18.7 Å². The summed E-state index contributed by atoms with van der Waals surface area (Å²) in [5.41, 5.74) is -0.0511. The Morgan fingerprint density at radius 1 is 1.47 bits per heavy atom. The Balaban J connectivity index is 2.46. The van der Waals surface area contributed by atoms with Crippen LogP contribution in [0.15, 0.2) is 0 Å². The first-order chi connectivity index (χ1) is 7.12. The van der Waals surface area contributed by atoms with E-state index >= 15 is 0 Å². The SMILES string of the molecule is COCC(C)NC1(CO)CCC(C)CC1. The second-order valence-electron chi connectivity index (χ2n) is 5.12. The standard InChI is InChI=1S/C12H25NO2/c1-10-4-6-12(9-14,7-5-10)13-11(2)8-15-3/h10-11,13-14H,4-9H2,1-3H3. The van der Waals surface area contributed by atoms with Gasteiger partial charge >= 0.3 is 0 Å². The number of aliphatic hydroxyl groups excluding tert-OH is 1. The van der Waals surface area contributed by atoms with E-state index in [0.717, 1.165) is 18.8 Å². The van der Waals surface area contributed by atoms with Crippen molar-refractivity contribution in [3.05, 3.63) is 0 Å². The van der Waals surface area contributed by atoms with Gasteiger partial charge in [0.05, 0.1) is 13.2 Å². The highest BCUT2D eigenvalue weighted by atomic mass is 16.5. The maximum absolute atomic E-state index is 9.54. The van der Waals surface area contributed by atoms with Crippen molar-refractivity contribution in [2.75, 3.05) is 20.3 Å². The highest BCUT2D eigenvalue weighted by Gasteiger charge is 2.34. The summed E-state index contributed by atoms with van der Waals surface area (Å²) in [5, 5.41) is 13.1. The fourth-order valence-corrected chi connectivity index (χ4v) is 2.48. The molecule has 0 aromatic carbocycles. The number of hydrogen-bond acceptors (Lipinski definition) is 3. The molecule has 0 heterocycles. The molecular weight excluding hydrogens is 190 g/mol. The van der Waals surface area contributed by atoms with E-state index in [1.807, 2.05) is 0 Å². The Kier molecular flexibility index (Phi) is 5.03. The number of hydrogen-bond donors (Lipinski definition) is 2. The lowest BCUT2D eigenvalue weighted by Crippen LogP contribution is -2.55. The molecule has 1 aliphatic rings. The molecule has 1 rings (SSSR count). The second kappa shape index (κ2) is 5.83. The second-order valence-corrected chi connectivity index (χ2v) is 5.12. The maximum atomic E-state index is 9.54. The van der Waals surface area contributed by atoms with Gasteiger partial charge in [-0.3, -0.25) is 0 Å². The van der Waals surface area contributed by atoms with Gasteiger partial charge in [-0.05, 0) is 38.5 Å². The van der Waals surface area contributed by atoms with Crippen LogP contribution in [0.5, 0.6) is 0 Å². The molecule has 0 aromatic rings. The lowest BCUT2D eigenvalue weighted by atomic mass is 9.77. The number of rotatable bonds is 5. The third kappa shape index (κ3) is 3.74. The lowest BCUT2D eigenvalue weighted by molar-refractivity contribution is 0.0769. The summed E-state index contributed by atoms with van der Waals surface area (Å²) in [6.45, 7) is 5.35. The zero-order chi connectivity index (χ0) is 11.3. The van der Waals surface area contributed by atoms with Crippen LogP contribution in [0.2, 0.25) is 0 Å². The first kappa shape index (κ1) is 12.9. The van der Waals surface area contributed by atoms with Gasteiger partial charge in [0.1, 0.15) is 0 Å². The quantitative estimate of drug-likeness (QED) is 0.731. The summed E-state index contributed by atoms with van der Waals surface area (Å²) in [5.74, 6) is 0.809. The molecule has 0 spiro atoms. The first-order valence-corrected chi connectivity index (χ1v) is 5.99. The van der Waals surface area contributed by atoms with Crippen LogP contribution in [0.3, 0.4) is 0 Å². The third-order valence-corrected chi connectivity index (χ3v) is 3.50.